The highest BCUT2D eigenvalue weighted by Crippen LogP contribution is 2.32. The lowest BCUT2D eigenvalue weighted by molar-refractivity contribution is 0.630. The van der Waals surface area contributed by atoms with Crippen LogP contribution in [0.1, 0.15) is 6.92 Å². The zero-order valence-electron chi connectivity index (χ0n) is 9.24. The number of benzene rings is 1. The summed E-state index contributed by atoms with van der Waals surface area (Å²) >= 11 is 6.00. The van der Waals surface area contributed by atoms with E-state index < -0.39 is 5.82 Å². The fraction of sp³-hybridized carbons (Fsp3) is 0.167. The summed E-state index contributed by atoms with van der Waals surface area (Å²) < 4.78 is 13.8. The topological polar surface area (TPSA) is 37.8 Å². The molecule has 1 aromatic carbocycles. The first-order valence-corrected chi connectivity index (χ1v) is 5.61. The molecule has 3 nitrogen and oxygen atoms in total. The van der Waals surface area contributed by atoms with Gasteiger partial charge in [0.15, 0.2) is 5.82 Å². The van der Waals surface area contributed by atoms with Crippen LogP contribution in [0.3, 0.4) is 0 Å². The second kappa shape index (κ2) is 5.10. The van der Waals surface area contributed by atoms with Gasteiger partial charge in [0, 0.05) is 18.9 Å². The molecule has 1 aromatic heterocycles. The first-order chi connectivity index (χ1) is 8.24. The average Bonchev–Trinajstić information content (AvgIpc) is 2.31. The van der Waals surface area contributed by atoms with Crippen LogP contribution < -0.4 is 5.32 Å². The molecular weight excluding hydrogens is 241 g/mol. The Kier molecular flexibility index (Phi) is 3.54. The number of hydrogen-bond donors (Lipinski definition) is 1. The van der Waals surface area contributed by atoms with Gasteiger partial charge in [-0.25, -0.2) is 9.37 Å². The van der Waals surface area contributed by atoms with E-state index in [9.17, 15) is 4.39 Å². The van der Waals surface area contributed by atoms with Gasteiger partial charge in [0.1, 0.15) is 11.5 Å². The molecule has 0 bridgehead atoms. The molecule has 0 fully saturated rings. The molecule has 2 rings (SSSR count). The highest BCUT2D eigenvalue weighted by molar-refractivity contribution is 6.33. The number of hydrogen-bond acceptors (Lipinski definition) is 3. The van der Waals surface area contributed by atoms with Crippen molar-refractivity contribution in [2.45, 2.75) is 6.92 Å². The van der Waals surface area contributed by atoms with E-state index >= 15 is 0 Å². The minimum absolute atomic E-state index is 0.276. The van der Waals surface area contributed by atoms with Crippen LogP contribution in [0.15, 0.2) is 30.6 Å². The van der Waals surface area contributed by atoms with Crippen molar-refractivity contribution in [3.63, 3.8) is 0 Å². The van der Waals surface area contributed by atoms with Crippen LogP contribution in [0.5, 0.6) is 0 Å². The molecule has 0 aliphatic rings. The van der Waals surface area contributed by atoms with E-state index in [2.05, 4.69) is 15.3 Å². The first-order valence-electron chi connectivity index (χ1n) is 5.23. The normalized spacial score (nSPS) is 10.3. The third-order valence-corrected chi connectivity index (χ3v) is 2.56. The molecule has 0 amide bonds. The van der Waals surface area contributed by atoms with Gasteiger partial charge in [-0.05, 0) is 19.1 Å². The van der Waals surface area contributed by atoms with Gasteiger partial charge in [0.05, 0.1) is 10.6 Å². The Morgan fingerprint density at radius 2 is 2.06 bits per heavy atom. The van der Waals surface area contributed by atoms with Gasteiger partial charge >= 0.3 is 0 Å². The Balaban J connectivity index is 2.60. The largest absolute Gasteiger partial charge is 0.369 e. The van der Waals surface area contributed by atoms with Gasteiger partial charge in [-0.2, -0.15) is 0 Å². The Hall–Kier alpha value is -1.68. The fourth-order valence-electron chi connectivity index (χ4n) is 1.54. The predicted molar refractivity (Wildman–Crippen MR) is 66.6 cm³/mol. The minimum atomic E-state index is -0.405. The first kappa shape index (κ1) is 11.8. The van der Waals surface area contributed by atoms with E-state index in [4.69, 9.17) is 11.6 Å². The summed E-state index contributed by atoms with van der Waals surface area (Å²) in [7, 11) is 0. The number of nitrogens with one attached hydrogen (secondary N) is 1. The molecule has 2 aromatic rings. The van der Waals surface area contributed by atoms with Gasteiger partial charge in [-0.3, -0.25) is 4.98 Å². The van der Waals surface area contributed by atoms with Gasteiger partial charge in [-0.15, -0.1) is 0 Å². The Morgan fingerprint density at radius 3 is 2.76 bits per heavy atom. The highest BCUT2D eigenvalue weighted by atomic mass is 35.5. The number of nitrogens with zero attached hydrogens (tertiary/aromatic N) is 2. The van der Waals surface area contributed by atoms with Crippen LogP contribution in [-0.4, -0.2) is 16.5 Å². The number of halogens is 2. The summed E-state index contributed by atoms with van der Waals surface area (Å²) in [5.74, 6) is 0.124. The van der Waals surface area contributed by atoms with Crippen molar-refractivity contribution >= 4 is 17.4 Å². The van der Waals surface area contributed by atoms with Crippen molar-refractivity contribution in [3.8, 4) is 11.3 Å². The second-order valence-electron chi connectivity index (χ2n) is 3.38. The van der Waals surface area contributed by atoms with Gasteiger partial charge in [-0.1, -0.05) is 17.7 Å². The maximum absolute atomic E-state index is 13.8. The quantitative estimate of drug-likeness (QED) is 0.909. The zero-order valence-corrected chi connectivity index (χ0v) is 10.0. The Morgan fingerprint density at radius 1 is 1.29 bits per heavy atom. The number of anilines is 1. The van der Waals surface area contributed by atoms with E-state index in [1.807, 2.05) is 6.92 Å². The SMILES string of the molecule is CCNc1nccnc1-c1c(F)cccc1Cl. The van der Waals surface area contributed by atoms with Gasteiger partial charge in [0.2, 0.25) is 0 Å². The van der Waals surface area contributed by atoms with Crippen LogP contribution in [0.4, 0.5) is 10.2 Å². The molecule has 0 aliphatic carbocycles. The molecular formula is C12H11ClFN3. The Labute approximate surface area is 104 Å². The van der Waals surface area contributed by atoms with E-state index in [0.29, 0.717) is 23.1 Å². The maximum atomic E-state index is 13.8. The Bertz CT molecular complexity index is 511. The third-order valence-electron chi connectivity index (χ3n) is 2.24. The zero-order chi connectivity index (χ0) is 12.3. The molecule has 0 spiro atoms. The molecule has 1 heterocycles. The summed E-state index contributed by atoms with van der Waals surface area (Å²) in [6.45, 7) is 2.61. The minimum Gasteiger partial charge on any atom is -0.369 e. The van der Waals surface area contributed by atoms with Gasteiger partial charge < -0.3 is 5.32 Å². The van der Waals surface area contributed by atoms with Crippen LogP contribution >= 0.6 is 11.6 Å². The lowest BCUT2D eigenvalue weighted by atomic mass is 10.1. The lowest BCUT2D eigenvalue weighted by Crippen LogP contribution is -2.03. The monoisotopic (exact) mass is 251 g/mol. The van der Waals surface area contributed by atoms with E-state index in [-0.39, 0.29) is 5.56 Å². The standard InChI is InChI=1S/C12H11ClFN3/c1-2-15-12-11(16-6-7-17-12)10-8(13)4-3-5-9(10)14/h3-7H,2H2,1H3,(H,15,17). The van der Waals surface area contributed by atoms with Crippen molar-refractivity contribution in [3.05, 3.63) is 41.4 Å². The summed E-state index contributed by atoms with van der Waals surface area (Å²) in [4.78, 5) is 8.27. The van der Waals surface area contributed by atoms with Crippen LogP contribution in [0.2, 0.25) is 5.02 Å². The molecule has 17 heavy (non-hydrogen) atoms. The molecule has 1 N–H and O–H groups in total. The molecule has 0 radical (unpaired) electrons. The smallest absolute Gasteiger partial charge is 0.152 e. The number of rotatable bonds is 3. The summed E-state index contributed by atoms with van der Waals surface area (Å²) in [5.41, 5.74) is 0.704. The molecule has 88 valence electrons. The van der Waals surface area contributed by atoms with E-state index in [1.165, 1.54) is 12.3 Å². The van der Waals surface area contributed by atoms with Crippen molar-refractivity contribution in [2.75, 3.05) is 11.9 Å². The maximum Gasteiger partial charge on any atom is 0.152 e. The van der Waals surface area contributed by atoms with E-state index in [1.54, 1.807) is 18.3 Å². The molecule has 0 unspecified atom stereocenters. The van der Waals surface area contributed by atoms with Crippen molar-refractivity contribution in [2.24, 2.45) is 0 Å². The average molecular weight is 252 g/mol. The van der Waals surface area contributed by atoms with Gasteiger partial charge in [0.25, 0.3) is 0 Å². The molecule has 0 saturated carbocycles. The molecule has 5 heteroatoms. The lowest BCUT2D eigenvalue weighted by Gasteiger charge is -2.10. The van der Waals surface area contributed by atoms with Crippen molar-refractivity contribution in [1.82, 2.24) is 9.97 Å². The van der Waals surface area contributed by atoms with Crippen LogP contribution in [0, 0.1) is 5.82 Å². The summed E-state index contributed by atoms with van der Waals surface area (Å²) in [6.07, 6.45) is 3.06. The summed E-state index contributed by atoms with van der Waals surface area (Å²) in [5, 5.41) is 3.35. The molecule has 0 aliphatic heterocycles. The molecule has 0 atom stereocenters. The second-order valence-corrected chi connectivity index (χ2v) is 3.79. The highest BCUT2D eigenvalue weighted by Gasteiger charge is 2.15. The van der Waals surface area contributed by atoms with Crippen molar-refractivity contribution < 1.29 is 4.39 Å². The summed E-state index contributed by atoms with van der Waals surface area (Å²) in [6, 6.07) is 4.54. The predicted octanol–water partition coefficient (Wildman–Crippen LogP) is 3.37. The van der Waals surface area contributed by atoms with E-state index in [0.717, 1.165) is 0 Å². The fourth-order valence-corrected chi connectivity index (χ4v) is 1.79. The number of aromatic nitrogens is 2. The molecule has 0 saturated heterocycles. The van der Waals surface area contributed by atoms with Crippen LogP contribution in [0.25, 0.3) is 11.3 Å². The van der Waals surface area contributed by atoms with Crippen LogP contribution in [-0.2, 0) is 0 Å². The van der Waals surface area contributed by atoms with Crippen molar-refractivity contribution in [1.29, 1.82) is 0 Å². The third kappa shape index (κ3) is 2.36.